The number of aromatic nitrogens is 1. The number of nitrogens with zero attached hydrogens (tertiary/aromatic N) is 1. The van der Waals surface area contributed by atoms with Crippen molar-refractivity contribution in [2.24, 2.45) is 0 Å². The number of carboxylic acid groups (broad SMARTS) is 1. The third kappa shape index (κ3) is 2.58. The number of pyridine rings is 1. The monoisotopic (exact) mass is 285 g/mol. The first-order valence-electron chi connectivity index (χ1n) is 7.43. The maximum atomic E-state index is 11.8. The van der Waals surface area contributed by atoms with Crippen molar-refractivity contribution >= 4 is 16.9 Å². The smallest absolute Gasteiger partial charge is 0.336 e. The van der Waals surface area contributed by atoms with Gasteiger partial charge in [-0.25, -0.2) is 4.79 Å². The number of methoxy groups -OCH3 is 1. The fourth-order valence-electron chi connectivity index (χ4n) is 3.13. The lowest BCUT2D eigenvalue weighted by molar-refractivity contribution is 0.0697. The molecule has 21 heavy (non-hydrogen) atoms. The maximum absolute atomic E-state index is 11.8. The lowest BCUT2D eigenvalue weighted by Gasteiger charge is -2.17. The molecule has 0 saturated heterocycles. The fourth-order valence-corrected chi connectivity index (χ4v) is 3.13. The standard InChI is InChI=1S/C17H19NO3/c1-21-11-8-9-13-15(10-11)18-14-7-5-3-2-4-6-12(14)16(13)17(19)20/h8-10H,2-7H2,1H3,(H,19,20). The molecule has 110 valence electrons. The average molecular weight is 285 g/mol. The minimum absolute atomic E-state index is 0.430. The molecule has 0 atom stereocenters. The normalized spacial score (nSPS) is 15.1. The first-order chi connectivity index (χ1) is 10.2. The van der Waals surface area contributed by atoms with Gasteiger partial charge in [0, 0.05) is 17.1 Å². The van der Waals surface area contributed by atoms with E-state index in [1.165, 1.54) is 12.8 Å². The highest BCUT2D eigenvalue weighted by Crippen LogP contribution is 2.30. The Morgan fingerprint density at radius 1 is 1.19 bits per heavy atom. The highest BCUT2D eigenvalue weighted by atomic mass is 16.5. The lowest BCUT2D eigenvalue weighted by Crippen LogP contribution is -2.11. The molecule has 1 heterocycles. The van der Waals surface area contributed by atoms with E-state index in [9.17, 15) is 9.90 Å². The number of aromatic carboxylic acids is 1. The molecule has 0 spiro atoms. The van der Waals surface area contributed by atoms with Gasteiger partial charge in [0.1, 0.15) is 5.75 Å². The molecular weight excluding hydrogens is 266 g/mol. The van der Waals surface area contributed by atoms with Crippen LogP contribution in [0.4, 0.5) is 0 Å². The van der Waals surface area contributed by atoms with Crippen LogP contribution in [0.5, 0.6) is 5.75 Å². The van der Waals surface area contributed by atoms with Crippen molar-refractivity contribution in [3.8, 4) is 5.75 Å². The second kappa shape index (κ2) is 5.72. The summed E-state index contributed by atoms with van der Waals surface area (Å²) in [5.41, 5.74) is 3.03. The zero-order valence-corrected chi connectivity index (χ0v) is 12.2. The first-order valence-corrected chi connectivity index (χ1v) is 7.43. The molecule has 0 saturated carbocycles. The second-order valence-corrected chi connectivity index (χ2v) is 5.51. The molecule has 2 aromatic rings. The second-order valence-electron chi connectivity index (χ2n) is 5.51. The predicted octanol–water partition coefficient (Wildman–Crippen LogP) is 3.60. The van der Waals surface area contributed by atoms with Crippen LogP contribution in [0.3, 0.4) is 0 Å². The number of ether oxygens (including phenoxy) is 1. The van der Waals surface area contributed by atoms with Crippen molar-refractivity contribution in [3.63, 3.8) is 0 Å². The molecular formula is C17H19NO3. The van der Waals surface area contributed by atoms with Crippen LogP contribution in [0.15, 0.2) is 18.2 Å². The van der Waals surface area contributed by atoms with Crippen LogP contribution in [0, 0.1) is 0 Å². The molecule has 0 bridgehead atoms. The molecule has 1 aromatic carbocycles. The van der Waals surface area contributed by atoms with Crippen molar-refractivity contribution < 1.29 is 14.6 Å². The minimum atomic E-state index is -0.857. The molecule has 0 unspecified atom stereocenters. The molecule has 0 radical (unpaired) electrons. The summed E-state index contributed by atoms with van der Waals surface area (Å²) in [6.45, 7) is 0. The zero-order chi connectivity index (χ0) is 14.8. The van der Waals surface area contributed by atoms with Gasteiger partial charge in [-0.3, -0.25) is 4.98 Å². The number of hydrogen-bond donors (Lipinski definition) is 1. The van der Waals surface area contributed by atoms with Crippen molar-refractivity contribution in [3.05, 3.63) is 35.0 Å². The van der Waals surface area contributed by atoms with E-state index in [0.29, 0.717) is 22.2 Å². The molecule has 1 aliphatic carbocycles. The highest BCUT2D eigenvalue weighted by Gasteiger charge is 2.21. The molecule has 0 aliphatic heterocycles. The van der Waals surface area contributed by atoms with Gasteiger partial charge in [-0.15, -0.1) is 0 Å². The van der Waals surface area contributed by atoms with Crippen LogP contribution in [0.25, 0.3) is 10.9 Å². The summed E-state index contributed by atoms with van der Waals surface area (Å²) in [4.78, 5) is 16.5. The van der Waals surface area contributed by atoms with Gasteiger partial charge in [-0.2, -0.15) is 0 Å². The summed E-state index contributed by atoms with van der Waals surface area (Å²) in [7, 11) is 1.60. The van der Waals surface area contributed by atoms with Crippen LogP contribution in [-0.4, -0.2) is 23.2 Å². The molecule has 0 amide bonds. The predicted molar refractivity (Wildman–Crippen MR) is 81.1 cm³/mol. The maximum Gasteiger partial charge on any atom is 0.336 e. The molecule has 1 aromatic heterocycles. The van der Waals surface area contributed by atoms with Gasteiger partial charge < -0.3 is 9.84 Å². The van der Waals surface area contributed by atoms with Gasteiger partial charge in [0.05, 0.1) is 18.2 Å². The van der Waals surface area contributed by atoms with Gasteiger partial charge in [0.15, 0.2) is 0 Å². The molecule has 1 N–H and O–H groups in total. The number of carbonyl (C=O) groups is 1. The average Bonchev–Trinajstić information content (AvgIpc) is 2.46. The lowest BCUT2D eigenvalue weighted by atomic mass is 9.91. The summed E-state index contributed by atoms with van der Waals surface area (Å²) in [6.07, 6.45) is 6.15. The van der Waals surface area contributed by atoms with Crippen molar-refractivity contribution in [1.29, 1.82) is 0 Å². The van der Waals surface area contributed by atoms with Gasteiger partial charge in [-0.1, -0.05) is 12.8 Å². The third-order valence-electron chi connectivity index (χ3n) is 4.18. The fraction of sp³-hybridized carbons (Fsp3) is 0.412. The van der Waals surface area contributed by atoms with Crippen molar-refractivity contribution in [1.82, 2.24) is 4.98 Å². The Kier molecular flexibility index (Phi) is 3.78. The van der Waals surface area contributed by atoms with E-state index in [0.717, 1.165) is 36.9 Å². The Bertz CT molecular complexity index is 694. The number of aryl methyl sites for hydroxylation is 1. The van der Waals surface area contributed by atoms with Gasteiger partial charge >= 0.3 is 5.97 Å². The minimum Gasteiger partial charge on any atom is -0.497 e. The van der Waals surface area contributed by atoms with E-state index in [2.05, 4.69) is 0 Å². The Labute approximate surface area is 123 Å². The van der Waals surface area contributed by atoms with Crippen LogP contribution in [0.1, 0.15) is 47.3 Å². The number of hydrogen-bond acceptors (Lipinski definition) is 3. The van der Waals surface area contributed by atoms with Crippen LogP contribution in [-0.2, 0) is 12.8 Å². The first kappa shape index (κ1) is 13.9. The summed E-state index contributed by atoms with van der Waals surface area (Å²) in [6, 6.07) is 5.43. The Balaban J connectivity index is 2.28. The van der Waals surface area contributed by atoms with Crippen LogP contribution < -0.4 is 4.74 Å². The van der Waals surface area contributed by atoms with Gasteiger partial charge in [0.25, 0.3) is 0 Å². The molecule has 1 aliphatic rings. The zero-order valence-electron chi connectivity index (χ0n) is 12.2. The van der Waals surface area contributed by atoms with Gasteiger partial charge in [0.2, 0.25) is 0 Å². The largest absolute Gasteiger partial charge is 0.497 e. The Morgan fingerprint density at radius 2 is 1.95 bits per heavy atom. The van der Waals surface area contributed by atoms with Crippen molar-refractivity contribution in [2.45, 2.75) is 38.5 Å². The number of carboxylic acids is 1. The van der Waals surface area contributed by atoms with E-state index >= 15 is 0 Å². The van der Waals surface area contributed by atoms with Crippen LogP contribution in [0.2, 0.25) is 0 Å². The summed E-state index contributed by atoms with van der Waals surface area (Å²) in [5, 5.41) is 10.4. The van der Waals surface area contributed by atoms with E-state index in [4.69, 9.17) is 9.72 Å². The Morgan fingerprint density at radius 3 is 2.67 bits per heavy atom. The van der Waals surface area contributed by atoms with Gasteiger partial charge in [-0.05, 0) is 43.4 Å². The number of rotatable bonds is 2. The van der Waals surface area contributed by atoms with E-state index < -0.39 is 5.97 Å². The van der Waals surface area contributed by atoms with Crippen LogP contribution >= 0.6 is 0 Å². The number of fused-ring (bicyclic) bond motifs is 2. The number of benzene rings is 1. The summed E-state index contributed by atoms with van der Waals surface area (Å²) >= 11 is 0. The highest BCUT2D eigenvalue weighted by molar-refractivity contribution is 6.04. The van der Waals surface area contributed by atoms with E-state index in [1.807, 2.05) is 12.1 Å². The molecule has 3 rings (SSSR count). The third-order valence-corrected chi connectivity index (χ3v) is 4.18. The quantitative estimate of drug-likeness (QED) is 0.915. The Hall–Kier alpha value is -2.10. The summed E-state index contributed by atoms with van der Waals surface area (Å²) in [5.74, 6) is -0.151. The topological polar surface area (TPSA) is 59.4 Å². The SMILES string of the molecule is COc1ccc2c(C(=O)O)c3c(nc2c1)CCCCCC3. The van der Waals surface area contributed by atoms with E-state index in [-0.39, 0.29) is 0 Å². The van der Waals surface area contributed by atoms with Crippen molar-refractivity contribution in [2.75, 3.05) is 7.11 Å². The van der Waals surface area contributed by atoms with E-state index in [1.54, 1.807) is 13.2 Å². The molecule has 0 fully saturated rings. The summed E-state index contributed by atoms with van der Waals surface area (Å²) < 4.78 is 5.22. The molecule has 4 heteroatoms. The molecule has 4 nitrogen and oxygen atoms in total.